The van der Waals surface area contributed by atoms with Crippen molar-refractivity contribution >= 4 is 5.91 Å². The van der Waals surface area contributed by atoms with Crippen molar-refractivity contribution in [1.29, 1.82) is 0 Å². The summed E-state index contributed by atoms with van der Waals surface area (Å²) in [4.78, 5) is 13.3. The van der Waals surface area contributed by atoms with E-state index in [-0.39, 0.29) is 11.3 Å². The molecule has 1 atom stereocenters. The molecule has 1 unspecified atom stereocenters. The molecule has 3 nitrogen and oxygen atoms in total. The number of hydrogen-bond acceptors (Lipinski definition) is 2. The average molecular weight is 261 g/mol. The Morgan fingerprint density at radius 2 is 1.89 bits per heavy atom. The molecule has 0 saturated carbocycles. The lowest BCUT2D eigenvalue weighted by molar-refractivity contribution is -0.128. The molecule has 0 bridgehead atoms. The van der Waals surface area contributed by atoms with Crippen molar-refractivity contribution in [1.82, 2.24) is 4.90 Å². The van der Waals surface area contributed by atoms with Gasteiger partial charge < -0.3 is 10.0 Å². The first-order valence-electron chi connectivity index (χ1n) is 6.94. The molecule has 1 N–H and O–H groups in total. The summed E-state index contributed by atoms with van der Waals surface area (Å²) in [7, 11) is 0. The summed E-state index contributed by atoms with van der Waals surface area (Å²) in [5.41, 5.74) is 2.25. The van der Waals surface area contributed by atoms with E-state index < -0.39 is 6.10 Å². The molecule has 0 aliphatic carbocycles. The van der Waals surface area contributed by atoms with E-state index in [0.717, 1.165) is 18.5 Å². The fourth-order valence-electron chi connectivity index (χ4n) is 2.42. The number of β-amino-alcohol motifs (C(OH)–C–C–N with tert-alkyl or cyclic N) is 1. The number of carbonyl (C=O) groups is 1. The summed E-state index contributed by atoms with van der Waals surface area (Å²) in [6.45, 7) is 7.69. The van der Waals surface area contributed by atoms with Gasteiger partial charge in [0.1, 0.15) is 0 Å². The van der Waals surface area contributed by atoms with E-state index in [1.54, 1.807) is 4.90 Å². The fourth-order valence-corrected chi connectivity index (χ4v) is 2.42. The van der Waals surface area contributed by atoms with Gasteiger partial charge in [0.2, 0.25) is 5.91 Å². The van der Waals surface area contributed by atoms with Crippen LogP contribution in [0.1, 0.15) is 50.8 Å². The van der Waals surface area contributed by atoms with Crippen molar-refractivity contribution in [3.05, 3.63) is 35.4 Å². The lowest BCUT2D eigenvalue weighted by atomic mass is 9.86. The maximum atomic E-state index is 11.5. The zero-order valence-corrected chi connectivity index (χ0v) is 12.0. The highest BCUT2D eigenvalue weighted by Gasteiger charge is 2.23. The van der Waals surface area contributed by atoms with Gasteiger partial charge in [0.25, 0.3) is 0 Å². The maximum absolute atomic E-state index is 11.5. The Morgan fingerprint density at radius 1 is 1.26 bits per heavy atom. The van der Waals surface area contributed by atoms with Crippen LogP contribution in [0.2, 0.25) is 0 Å². The Labute approximate surface area is 115 Å². The third-order valence-electron chi connectivity index (χ3n) is 3.73. The average Bonchev–Trinajstić information content (AvgIpc) is 2.74. The summed E-state index contributed by atoms with van der Waals surface area (Å²) >= 11 is 0. The van der Waals surface area contributed by atoms with E-state index in [4.69, 9.17) is 0 Å². The molecule has 1 amide bonds. The molecule has 2 rings (SSSR count). The van der Waals surface area contributed by atoms with E-state index in [1.165, 1.54) is 5.56 Å². The molecule has 1 aliphatic rings. The number of carbonyl (C=O) groups excluding carboxylic acids is 1. The van der Waals surface area contributed by atoms with Gasteiger partial charge in [-0.2, -0.15) is 0 Å². The van der Waals surface area contributed by atoms with Gasteiger partial charge >= 0.3 is 0 Å². The third kappa shape index (κ3) is 3.35. The molecule has 1 heterocycles. The maximum Gasteiger partial charge on any atom is 0.222 e. The number of hydrogen-bond donors (Lipinski definition) is 1. The van der Waals surface area contributed by atoms with E-state index in [0.29, 0.717) is 13.0 Å². The summed E-state index contributed by atoms with van der Waals surface area (Å²) in [6, 6.07) is 8.05. The minimum Gasteiger partial charge on any atom is -0.387 e. The summed E-state index contributed by atoms with van der Waals surface area (Å²) in [5.74, 6) is 0.158. The SMILES string of the molecule is CC(C)(C)c1ccc(C(O)CN2CCCC2=O)cc1. The summed E-state index contributed by atoms with van der Waals surface area (Å²) in [6.07, 6.45) is 0.945. The van der Waals surface area contributed by atoms with E-state index in [9.17, 15) is 9.90 Å². The zero-order chi connectivity index (χ0) is 14.0. The van der Waals surface area contributed by atoms with Crippen molar-refractivity contribution < 1.29 is 9.90 Å². The first-order chi connectivity index (χ1) is 8.88. The molecule has 1 saturated heterocycles. The minimum atomic E-state index is -0.587. The van der Waals surface area contributed by atoms with Gasteiger partial charge in [-0.3, -0.25) is 4.79 Å². The molecule has 1 aliphatic heterocycles. The van der Waals surface area contributed by atoms with Crippen LogP contribution in [0.15, 0.2) is 24.3 Å². The Hall–Kier alpha value is -1.35. The fraction of sp³-hybridized carbons (Fsp3) is 0.562. The van der Waals surface area contributed by atoms with Crippen LogP contribution in [0.4, 0.5) is 0 Å². The number of aliphatic hydroxyl groups is 1. The van der Waals surface area contributed by atoms with E-state index in [1.807, 2.05) is 12.1 Å². The molecular formula is C16H23NO2. The number of rotatable bonds is 3. The molecule has 104 valence electrons. The minimum absolute atomic E-state index is 0.119. The largest absolute Gasteiger partial charge is 0.387 e. The number of likely N-dealkylation sites (tertiary alicyclic amines) is 1. The Bertz CT molecular complexity index is 445. The van der Waals surface area contributed by atoms with Crippen molar-refractivity contribution in [2.24, 2.45) is 0 Å². The Kier molecular flexibility index (Phi) is 3.95. The van der Waals surface area contributed by atoms with Crippen molar-refractivity contribution in [2.45, 2.75) is 45.1 Å². The highest BCUT2D eigenvalue weighted by atomic mass is 16.3. The molecule has 0 radical (unpaired) electrons. The number of nitrogens with zero attached hydrogens (tertiary/aromatic N) is 1. The van der Waals surface area contributed by atoms with Crippen LogP contribution < -0.4 is 0 Å². The predicted molar refractivity (Wildman–Crippen MR) is 75.9 cm³/mol. The monoisotopic (exact) mass is 261 g/mol. The molecular weight excluding hydrogens is 238 g/mol. The zero-order valence-electron chi connectivity index (χ0n) is 12.0. The van der Waals surface area contributed by atoms with Crippen LogP contribution in [0.3, 0.4) is 0 Å². The molecule has 1 aromatic rings. The second kappa shape index (κ2) is 5.33. The molecule has 0 spiro atoms. The van der Waals surface area contributed by atoms with Crippen LogP contribution in [-0.4, -0.2) is 29.0 Å². The standard InChI is InChI=1S/C16H23NO2/c1-16(2,3)13-8-6-12(7-9-13)14(18)11-17-10-4-5-15(17)19/h6-9,14,18H,4-5,10-11H2,1-3H3. The van der Waals surface area contributed by atoms with Gasteiger partial charge in [0.05, 0.1) is 12.6 Å². The second-order valence-corrected chi connectivity index (χ2v) is 6.33. The first kappa shape index (κ1) is 14.1. The van der Waals surface area contributed by atoms with Crippen LogP contribution >= 0.6 is 0 Å². The van der Waals surface area contributed by atoms with Crippen molar-refractivity contribution in [3.63, 3.8) is 0 Å². The smallest absolute Gasteiger partial charge is 0.222 e. The number of amides is 1. The second-order valence-electron chi connectivity index (χ2n) is 6.33. The van der Waals surface area contributed by atoms with Crippen LogP contribution in [0, 0.1) is 0 Å². The lowest BCUT2D eigenvalue weighted by Gasteiger charge is -2.22. The Morgan fingerprint density at radius 3 is 2.37 bits per heavy atom. The van der Waals surface area contributed by atoms with Gasteiger partial charge in [-0.05, 0) is 23.0 Å². The van der Waals surface area contributed by atoms with Gasteiger partial charge in [0.15, 0.2) is 0 Å². The number of benzene rings is 1. The van der Waals surface area contributed by atoms with E-state index in [2.05, 4.69) is 32.9 Å². The van der Waals surface area contributed by atoms with Gasteiger partial charge in [-0.25, -0.2) is 0 Å². The first-order valence-corrected chi connectivity index (χ1v) is 6.94. The molecule has 0 aromatic heterocycles. The third-order valence-corrected chi connectivity index (χ3v) is 3.73. The quantitative estimate of drug-likeness (QED) is 0.908. The van der Waals surface area contributed by atoms with Gasteiger partial charge in [-0.1, -0.05) is 45.0 Å². The molecule has 1 aromatic carbocycles. The van der Waals surface area contributed by atoms with Crippen molar-refractivity contribution in [2.75, 3.05) is 13.1 Å². The normalized spacial score (nSPS) is 17.9. The van der Waals surface area contributed by atoms with Gasteiger partial charge in [-0.15, -0.1) is 0 Å². The predicted octanol–water partition coefficient (Wildman–Crippen LogP) is 2.64. The van der Waals surface area contributed by atoms with Crippen LogP contribution in [-0.2, 0) is 10.2 Å². The Balaban J connectivity index is 2.03. The topological polar surface area (TPSA) is 40.5 Å². The van der Waals surface area contributed by atoms with E-state index >= 15 is 0 Å². The summed E-state index contributed by atoms with van der Waals surface area (Å²) in [5, 5.41) is 10.2. The van der Waals surface area contributed by atoms with Crippen molar-refractivity contribution in [3.8, 4) is 0 Å². The highest BCUT2D eigenvalue weighted by molar-refractivity contribution is 5.78. The van der Waals surface area contributed by atoms with Crippen LogP contribution in [0.25, 0.3) is 0 Å². The molecule has 19 heavy (non-hydrogen) atoms. The molecule has 3 heteroatoms. The highest BCUT2D eigenvalue weighted by Crippen LogP contribution is 2.24. The number of aliphatic hydroxyl groups excluding tert-OH is 1. The van der Waals surface area contributed by atoms with Gasteiger partial charge in [0, 0.05) is 13.0 Å². The van der Waals surface area contributed by atoms with Crippen LogP contribution in [0.5, 0.6) is 0 Å². The lowest BCUT2D eigenvalue weighted by Crippen LogP contribution is -2.29. The molecule has 1 fully saturated rings. The summed E-state index contributed by atoms with van der Waals surface area (Å²) < 4.78 is 0.